The van der Waals surface area contributed by atoms with E-state index in [0.29, 0.717) is 5.89 Å². The monoisotopic (exact) mass is 403 g/mol. The largest absolute Gasteiger partial charge is 0.445 e. The number of fused-ring (bicyclic) bond motifs is 5. The van der Waals surface area contributed by atoms with Crippen molar-refractivity contribution >= 4 is 21.8 Å². The van der Waals surface area contributed by atoms with Gasteiger partial charge in [0.2, 0.25) is 5.89 Å². The van der Waals surface area contributed by atoms with Crippen molar-refractivity contribution in [3.63, 3.8) is 0 Å². The lowest BCUT2D eigenvalue weighted by Gasteiger charge is -2.19. The molecule has 1 atom stereocenters. The molecule has 0 radical (unpaired) electrons. The van der Waals surface area contributed by atoms with Gasteiger partial charge in [0, 0.05) is 40.5 Å². The van der Waals surface area contributed by atoms with E-state index in [-0.39, 0.29) is 6.10 Å². The van der Waals surface area contributed by atoms with E-state index in [9.17, 15) is 5.11 Å². The first kappa shape index (κ1) is 19.3. The molecule has 2 heterocycles. The molecule has 0 saturated carbocycles. The standard InChI is InChI=1S/C25H29N3O2/c1-4-27(5-2)13-14-28-20-9-6-17(25-26-12-15-30-25)16(3)23(20)24-19-8-11-22(29)18(19)7-10-21(24)28/h6-7,9-10,12,15,22,29H,4-5,8,11,13-14H2,1-3H3. The number of oxazole rings is 1. The number of rotatable bonds is 6. The van der Waals surface area contributed by atoms with Gasteiger partial charge in [0.15, 0.2) is 0 Å². The van der Waals surface area contributed by atoms with E-state index in [1.165, 1.54) is 32.9 Å². The van der Waals surface area contributed by atoms with Crippen molar-refractivity contribution in [3.8, 4) is 11.5 Å². The summed E-state index contributed by atoms with van der Waals surface area (Å²) in [5, 5.41) is 13.1. The van der Waals surface area contributed by atoms with Crippen LogP contribution in [0.3, 0.4) is 0 Å². The summed E-state index contributed by atoms with van der Waals surface area (Å²) in [6.45, 7) is 10.7. The summed E-state index contributed by atoms with van der Waals surface area (Å²) >= 11 is 0. The van der Waals surface area contributed by atoms with Crippen molar-refractivity contribution in [1.82, 2.24) is 14.5 Å². The van der Waals surface area contributed by atoms with Crippen LogP contribution in [0.15, 0.2) is 41.1 Å². The minimum atomic E-state index is -0.353. The summed E-state index contributed by atoms with van der Waals surface area (Å²) in [4.78, 5) is 6.85. The molecule has 1 N–H and O–H groups in total. The fraction of sp³-hybridized carbons (Fsp3) is 0.400. The SMILES string of the molecule is CCN(CC)CCn1c2ccc(-c3ncco3)c(C)c2c2c3c(ccc21)C(O)CC3. The number of aromatic nitrogens is 2. The van der Waals surface area contributed by atoms with E-state index in [2.05, 4.69) is 59.5 Å². The van der Waals surface area contributed by atoms with E-state index in [1.807, 2.05) is 0 Å². The average Bonchev–Trinajstić information content (AvgIpc) is 3.48. The number of aliphatic hydroxyl groups excluding tert-OH is 1. The van der Waals surface area contributed by atoms with Gasteiger partial charge in [-0.05, 0) is 67.7 Å². The third-order valence-corrected chi connectivity index (χ3v) is 6.83. The fourth-order valence-corrected chi connectivity index (χ4v) is 5.15. The highest BCUT2D eigenvalue weighted by Crippen LogP contribution is 2.43. The van der Waals surface area contributed by atoms with Gasteiger partial charge in [-0.25, -0.2) is 4.98 Å². The lowest BCUT2D eigenvalue weighted by Crippen LogP contribution is -2.26. The Balaban J connectivity index is 1.78. The van der Waals surface area contributed by atoms with Gasteiger partial charge in [0.05, 0.1) is 12.3 Å². The Hall–Kier alpha value is -2.63. The molecular formula is C25H29N3O2. The highest BCUT2D eigenvalue weighted by atomic mass is 16.3. The summed E-state index contributed by atoms with van der Waals surface area (Å²) in [6.07, 6.45) is 4.69. The van der Waals surface area contributed by atoms with Crippen molar-refractivity contribution in [1.29, 1.82) is 0 Å². The van der Waals surface area contributed by atoms with Crippen molar-refractivity contribution in [3.05, 3.63) is 53.4 Å². The van der Waals surface area contributed by atoms with Crippen LogP contribution in [-0.4, -0.2) is 39.2 Å². The molecule has 0 bridgehead atoms. The van der Waals surface area contributed by atoms with Crippen LogP contribution in [0.5, 0.6) is 0 Å². The second-order valence-electron chi connectivity index (χ2n) is 8.23. The molecule has 1 unspecified atom stereocenters. The summed E-state index contributed by atoms with van der Waals surface area (Å²) < 4.78 is 8.08. The van der Waals surface area contributed by atoms with E-state index < -0.39 is 0 Å². The molecule has 1 aliphatic carbocycles. The minimum absolute atomic E-state index is 0.353. The normalized spacial score (nSPS) is 16.2. The predicted octanol–water partition coefficient (Wildman–Crippen LogP) is 5.08. The molecular weight excluding hydrogens is 374 g/mol. The van der Waals surface area contributed by atoms with Crippen molar-refractivity contribution in [2.24, 2.45) is 0 Å². The number of likely N-dealkylation sites (N-methyl/N-ethyl adjacent to an activating group) is 1. The summed E-state index contributed by atoms with van der Waals surface area (Å²) in [6, 6.07) is 8.68. The van der Waals surface area contributed by atoms with Crippen LogP contribution in [0, 0.1) is 6.92 Å². The molecule has 4 aromatic rings. The van der Waals surface area contributed by atoms with Crippen LogP contribution in [0.1, 0.15) is 43.1 Å². The maximum absolute atomic E-state index is 10.5. The molecule has 5 nitrogen and oxygen atoms in total. The maximum Gasteiger partial charge on any atom is 0.226 e. The summed E-state index contributed by atoms with van der Waals surface area (Å²) in [5.41, 5.74) is 7.13. The highest BCUT2D eigenvalue weighted by Gasteiger charge is 2.26. The number of benzene rings is 2. The van der Waals surface area contributed by atoms with Gasteiger partial charge >= 0.3 is 0 Å². The Bertz CT molecular complexity index is 1200. The number of aliphatic hydroxyl groups is 1. The second-order valence-corrected chi connectivity index (χ2v) is 8.23. The van der Waals surface area contributed by atoms with E-state index >= 15 is 0 Å². The number of hydrogen-bond acceptors (Lipinski definition) is 4. The molecule has 156 valence electrons. The number of hydrogen-bond donors (Lipinski definition) is 1. The van der Waals surface area contributed by atoms with Crippen LogP contribution in [0.25, 0.3) is 33.3 Å². The van der Waals surface area contributed by atoms with Gasteiger partial charge in [0.1, 0.15) is 6.26 Å². The lowest BCUT2D eigenvalue weighted by molar-refractivity contribution is 0.180. The maximum atomic E-state index is 10.5. The van der Waals surface area contributed by atoms with Crippen LogP contribution in [-0.2, 0) is 13.0 Å². The smallest absolute Gasteiger partial charge is 0.226 e. The molecule has 2 aromatic heterocycles. The van der Waals surface area contributed by atoms with E-state index in [0.717, 1.165) is 50.1 Å². The molecule has 0 spiro atoms. The van der Waals surface area contributed by atoms with Crippen LogP contribution >= 0.6 is 0 Å². The van der Waals surface area contributed by atoms with Gasteiger partial charge in [0.25, 0.3) is 0 Å². The number of nitrogens with zero attached hydrogens (tertiary/aromatic N) is 3. The van der Waals surface area contributed by atoms with Gasteiger partial charge in [-0.3, -0.25) is 0 Å². The third kappa shape index (κ3) is 2.88. The molecule has 5 rings (SSSR count). The number of aryl methyl sites for hydroxylation is 2. The van der Waals surface area contributed by atoms with E-state index in [1.54, 1.807) is 12.5 Å². The van der Waals surface area contributed by atoms with Crippen molar-refractivity contribution in [2.45, 2.75) is 46.3 Å². The molecule has 0 aliphatic heterocycles. The highest BCUT2D eigenvalue weighted by molar-refractivity contribution is 6.13. The average molecular weight is 404 g/mol. The van der Waals surface area contributed by atoms with Crippen molar-refractivity contribution in [2.75, 3.05) is 19.6 Å². The summed E-state index contributed by atoms with van der Waals surface area (Å²) in [7, 11) is 0. The lowest BCUT2D eigenvalue weighted by atomic mass is 9.97. The zero-order chi connectivity index (χ0) is 20.8. The fourth-order valence-electron chi connectivity index (χ4n) is 5.15. The summed E-state index contributed by atoms with van der Waals surface area (Å²) in [5.74, 6) is 0.658. The molecule has 30 heavy (non-hydrogen) atoms. The van der Waals surface area contributed by atoms with Crippen LogP contribution in [0.2, 0.25) is 0 Å². The van der Waals surface area contributed by atoms with E-state index in [4.69, 9.17) is 4.42 Å². The van der Waals surface area contributed by atoms with Crippen LogP contribution < -0.4 is 0 Å². The predicted molar refractivity (Wildman–Crippen MR) is 121 cm³/mol. The zero-order valence-electron chi connectivity index (χ0n) is 18.0. The van der Waals surface area contributed by atoms with Crippen LogP contribution in [0.4, 0.5) is 0 Å². The molecule has 2 aromatic carbocycles. The minimum Gasteiger partial charge on any atom is -0.445 e. The molecule has 1 aliphatic rings. The van der Waals surface area contributed by atoms with Gasteiger partial charge in [-0.15, -0.1) is 0 Å². The Kier molecular flexibility index (Phi) is 4.88. The quantitative estimate of drug-likeness (QED) is 0.488. The zero-order valence-corrected chi connectivity index (χ0v) is 18.0. The topological polar surface area (TPSA) is 54.4 Å². The first-order chi connectivity index (χ1) is 14.6. The Morgan fingerprint density at radius 2 is 1.90 bits per heavy atom. The molecule has 0 saturated heterocycles. The van der Waals surface area contributed by atoms with Gasteiger partial charge in [-0.2, -0.15) is 0 Å². The second kappa shape index (κ2) is 7.56. The first-order valence-electron chi connectivity index (χ1n) is 11.0. The molecule has 0 fully saturated rings. The van der Waals surface area contributed by atoms with Gasteiger partial charge < -0.3 is 19.0 Å². The Labute approximate surface area is 176 Å². The van der Waals surface area contributed by atoms with Gasteiger partial charge in [-0.1, -0.05) is 19.9 Å². The first-order valence-corrected chi connectivity index (χ1v) is 11.0. The third-order valence-electron chi connectivity index (χ3n) is 6.83. The Morgan fingerprint density at radius 1 is 1.13 bits per heavy atom. The Morgan fingerprint density at radius 3 is 2.63 bits per heavy atom. The molecule has 0 amide bonds. The van der Waals surface area contributed by atoms with Crippen molar-refractivity contribution < 1.29 is 9.52 Å². The molecule has 5 heteroatoms.